The van der Waals surface area contributed by atoms with Gasteiger partial charge in [-0.25, -0.2) is 0 Å². The molecule has 1 aliphatic rings. The van der Waals surface area contributed by atoms with Gasteiger partial charge in [0.2, 0.25) is 0 Å². The van der Waals surface area contributed by atoms with E-state index in [9.17, 15) is 4.79 Å². The summed E-state index contributed by atoms with van der Waals surface area (Å²) in [6, 6.07) is 9.73. The molecule has 1 aromatic heterocycles. The molecule has 20 heavy (non-hydrogen) atoms. The van der Waals surface area contributed by atoms with Crippen LogP contribution in [-0.4, -0.2) is 11.1 Å². The van der Waals surface area contributed by atoms with Gasteiger partial charge in [0.1, 0.15) is 0 Å². The molecule has 0 fully saturated rings. The quantitative estimate of drug-likeness (QED) is 0.862. The van der Waals surface area contributed by atoms with Gasteiger partial charge in [0.05, 0.1) is 5.52 Å². The van der Waals surface area contributed by atoms with E-state index in [0.29, 0.717) is 0 Å². The van der Waals surface area contributed by atoms with Gasteiger partial charge in [-0.2, -0.15) is 0 Å². The highest BCUT2D eigenvalue weighted by Crippen LogP contribution is 2.23. The Kier molecular flexibility index (Phi) is 3.59. The van der Waals surface area contributed by atoms with Crippen LogP contribution < -0.4 is 10.9 Å². The smallest absolute Gasteiger partial charge is 0.252 e. The summed E-state index contributed by atoms with van der Waals surface area (Å²) in [7, 11) is 1.82. The lowest BCUT2D eigenvalue weighted by molar-refractivity contribution is 0.862. The monoisotopic (exact) mass is 268 g/mol. The molecule has 0 saturated heterocycles. The van der Waals surface area contributed by atoms with Gasteiger partial charge in [-0.15, -0.1) is 0 Å². The predicted molar refractivity (Wildman–Crippen MR) is 84.2 cm³/mol. The summed E-state index contributed by atoms with van der Waals surface area (Å²) in [6.07, 6.45) is 7.18. The SMILES string of the molecule is Cn1c(=O)cc(NCCC2=CCCC2)c2ccccc21. The van der Waals surface area contributed by atoms with E-state index in [4.69, 9.17) is 0 Å². The van der Waals surface area contributed by atoms with E-state index < -0.39 is 0 Å². The summed E-state index contributed by atoms with van der Waals surface area (Å²) < 4.78 is 1.69. The Bertz CT molecular complexity index is 712. The molecule has 1 aromatic carbocycles. The number of anilines is 1. The Morgan fingerprint density at radius 1 is 1.30 bits per heavy atom. The first kappa shape index (κ1) is 13.0. The molecule has 3 rings (SSSR count). The van der Waals surface area contributed by atoms with Gasteiger partial charge in [0, 0.05) is 30.7 Å². The maximum Gasteiger partial charge on any atom is 0.252 e. The van der Waals surface area contributed by atoms with Crippen molar-refractivity contribution < 1.29 is 0 Å². The molecular weight excluding hydrogens is 248 g/mol. The fourth-order valence-corrected chi connectivity index (χ4v) is 2.88. The lowest BCUT2D eigenvalue weighted by Crippen LogP contribution is -2.17. The van der Waals surface area contributed by atoms with Crippen molar-refractivity contribution in [1.82, 2.24) is 4.57 Å². The van der Waals surface area contributed by atoms with Crippen molar-refractivity contribution in [2.45, 2.75) is 25.7 Å². The maximum absolute atomic E-state index is 12.0. The van der Waals surface area contributed by atoms with Gasteiger partial charge in [-0.1, -0.05) is 29.8 Å². The van der Waals surface area contributed by atoms with Crippen LogP contribution in [0.4, 0.5) is 5.69 Å². The van der Waals surface area contributed by atoms with Crippen LogP contribution in [0.25, 0.3) is 10.9 Å². The molecule has 1 N–H and O–H groups in total. The summed E-state index contributed by atoms with van der Waals surface area (Å²) in [5.41, 5.74) is 3.50. The highest BCUT2D eigenvalue weighted by molar-refractivity contribution is 5.91. The van der Waals surface area contributed by atoms with Crippen LogP contribution >= 0.6 is 0 Å². The van der Waals surface area contributed by atoms with Crippen molar-refractivity contribution in [2.75, 3.05) is 11.9 Å². The minimum Gasteiger partial charge on any atom is -0.384 e. The topological polar surface area (TPSA) is 34.0 Å². The number of fused-ring (bicyclic) bond motifs is 1. The van der Waals surface area contributed by atoms with Gasteiger partial charge < -0.3 is 9.88 Å². The van der Waals surface area contributed by atoms with Gasteiger partial charge in [0.25, 0.3) is 5.56 Å². The van der Waals surface area contributed by atoms with Crippen LogP contribution in [0.2, 0.25) is 0 Å². The molecular formula is C17H20N2O. The van der Waals surface area contributed by atoms with E-state index in [2.05, 4.69) is 17.5 Å². The van der Waals surface area contributed by atoms with E-state index in [1.807, 2.05) is 25.2 Å². The largest absolute Gasteiger partial charge is 0.384 e. The van der Waals surface area contributed by atoms with Gasteiger partial charge in [0.15, 0.2) is 0 Å². The summed E-state index contributed by atoms with van der Waals surface area (Å²) in [5.74, 6) is 0. The Hall–Kier alpha value is -2.03. The Morgan fingerprint density at radius 3 is 2.95 bits per heavy atom. The van der Waals surface area contributed by atoms with Gasteiger partial charge in [-0.05, 0) is 31.7 Å². The minimum absolute atomic E-state index is 0.0336. The van der Waals surface area contributed by atoms with E-state index in [0.717, 1.165) is 29.6 Å². The average Bonchev–Trinajstić information content (AvgIpc) is 2.97. The molecule has 0 amide bonds. The molecule has 0 radical (unpaired) electrons. The number of para-hydroxylation sites is 1. The molecule has 1 aliphatic carbocycles. The minimum atomic E-state index is 0.0336. The summed E-state index contributed by atoms with van der Waals surface area (Å²) in [6.45, 7) is 0.892. The number of pyridine rings is 1. The fourth-order valence-electron chi connectivity index (χ4n) is 2.88. The Morgan fingerprint density at radius 2 is 2.15 bits per heavy atom. The van der Waals surface area contributed by atoms with E-state index in [1.54, 1.807) is 16.2 Å². The zero-order valence-electron chi connectivity index (χ0n) is 11.9. The second kappa shape index (κ2) is 5.53. The van der Waals surface area contributed by atoms with Crippen LogP contribution in [-0.2, 0) is 7.05 Å². The second-order valence-electron chi connectivity index (χ2n) is 5.40. The molecule has 0 atom stereocenters. The highest BCUT2D eigenvalue weighted by Gasteiger charge is 2.07. The molecule has 0 unspecified atom stereocenters. The third-order valence-electron chi connectivity index (χ3n) is 4.05. The first-order valence-corrected chi connectivity index (χ1v) is 7.26. The normalized spacial score (nSPS) is 14.6. The molecule has 0 bridgehead atoms. The van der Waals surface area contributed by atoms with Crippen molar-refractivity contribution in [1.29, 1.82) is 0 Å². The van der Waals surface area contributed by atoms with Crippen LogP contribution in [0.3, 0.4) is 0 Å². The van der Waals surface area contributed by atoms with Crippen molar-refractivity contribution >= 4 is 16.6 Å². The third-order valence-corrected chi connectivity index (χ3v) is 4.05. The van der Waals surface area contributed by atoms with Crippen molar-refractivity contribution in [3.63, 3.8) is 0 Å². The first-order valence-electron chi connectivity index (χ1n) is 7.26. The van der Waals surface area contributed by atoms with Crippen LogP contribution in [0.1, 0.15) is 25.7 Å². The molecule has 0 saturated carbocycles. The predicted octanol–water partition coefficient (Wildman–Crippen LogP) is 3.45. The number of rotatable bonds is 4. The maximum atomic E-state index is 12.0. The van der Waals surface area contributed by atoms with Gasteiger partial charge >= 0.3 is 0 Å². The Balaban J connectivity index is 1.84. The Labute approximate surface area is 118 Å². The van der Waals surface area contributed by atoms with E-state index in [-0.39, 0.29) is 5.56 Å². The average molecular weight is 268 g/mol. The number of nitrogens with one attached hydrogen (secondary N) is 1. The number of benzene rings is 1. The highest BCUT2D eigenvalue weighted by atomic mass is 16.1. The van der Waals surface area contributed by atoms with Crippen molar-refractivity contribution in [3.8, 4) is 0 Å². The van der Waals surface area contributed by atoms with Crippen LogP contribution in [0.5, 0.6) is 0 Å². The number of nitrogens with zero attached hydrogens (tertiary/aromatic N) is 1. The zero-order chi connectivity index (χ0) is 13.9. The van der Waals surface area contributed by atoms with E-state index in [1.165, 1.54) is 19.3 Å². The number of aromatic nitrogens is 1. The number of hydrogen-bond acceptors (Lipinski definition) is 2. The van der Waals surface area contributed by atoms with Gasteiger partial charge in [-0.3, -0.25) is 4.79 Å². The van der Waals surface area contributed by atoms with E-state index >= 15 is 0 Å². The van der Waals surface area contributed by atoms with Crippen LogP contribution in [0, 0.1) is 0 Å². The van der Waals surface area contributed by atoms with Crippen molar-refractivity contribution in [2.24, 2.45) is 7.05 Å². The number of aryl methyl sites for hydroxylation is 1. The fraction of sp³-hybridized carbons (Fsp3) is 0.353. The molecule has 104 valence electrons. The summed E-state index contributed by atoms with van der Waals surface area (Å²) in [5, 5.41) is 4.53. The van der Waals surface area contributed by atoms with Crippen molar-refractivity contribution in [3.05, 3.63) is 52.3 Å². The third kappa shape index (κ3) is 2.48. The molecule has 3 nitrogen and oxygen atoms in total. The molecule has 1 heterocycles. The summed E-state index contributed by atoms with van der Waals surface area (Å²) in [4.78, 5) is 12.0. The molecule has 3 heteroatoms. The second-order valence-corrected chi connectivity index (χ2v) is 5.40. The first-order chi connectivity index (χ1) is 9.75. The molecule has 2 aromatic rings. The number of hydrogen-bond donors (Lipinski definition) is 1. The lowest BCUT2D eigenvalue weighted by atomic mass is 10.1. The molecule has 0 aliphatic heterocycles. The standard InChI is InChI=1S/C17H20N2O/c1-19-16-9-5-4-8-14(16)15(12-17(19)20)18-11-10-13-6-2-3-7-13/h4-6,8-9,12,18H,2-3,7,10-11H2,1H3. The molecule has 0 spiro atoms. The van der Waals surface area contributed by atoms with Crippen LogP contribution in [0.15, 0.2) is 46.8 Å². The zero-order valence-corrected chi connectivity index (χ0v) is 11.9. The lowest BCUT2D eigenvalue weighted by Gasteiger charge is -2.12. The summed E-state index contributed by atoms with van der Waals surface area (Å²) >= 11 is 0. The number of allylic oxidation sites excluding steroid dienone is 1.